The number of hydrogen-bond acceptors (Lipinski definition) is 4. The fourth-order valence-electron chi connectivity index (χ4n) is 3.37. The number of aromatic carboxylic acids is 2. The van der Waals surface area contributed by atoms with Crippen molar-refractivity contribution in [2.24, 2.45) is 0 Å². The second-order valence-electron chi connectivity index (χ2n) is 7.31. The van der Waals surface area contributed by atoms with Crippen LogP contribution in [-0.2, 0) is 0 Å². The zero-order valence-electron chi connectivity index (χ0n) is 17.8. The van der Waals surface area contributed by atoms with E-state index in [-0.39, 0.29) is 22.4 Å². The highest BCUT2D eigenvalue weighted by Gasteiger charge is 2.16. The van der Waals surface area contributed by atoms with E-state index in [2.05, 4.69) is 5.32 Å². The fraction of sp³-hybridized carbons (Fsp3) is 0. The summed E-state index contributed by atoms with van der Waals surface area (Å²) in [6, 6.07) is 26.3. The molecular formula is C27H19NO6. The maximum absolute atomic E-state index is 12.9. The van der Waals surface area contributed by atoms with Gasteiger partial charge in [-0.1, -0.05) is 42.5 Å². The third-order valence-corrected chi connectivity index (χ3v) is 5.06. The van der Waals surface area contributed by atoms with Gasteiger partial charge >= 0.3 is 11.9 Å². The first-order chi connectivity index (χ1) is 16.4. The number of amides is 1. The molecule has 4 aromatic rings. The molecule has 4 rings (SSSR count). The molecule has 0 fully saturated rings. The largest absolute Gasteiger partial charge is 0.478 e. The predicted molar refractivity (Wildman–Crippen MR) is 127 cm³/mol. The van der Waals surface area contributed by atoms with Gasteiger partial charge in [0.2, 0.25) is 0 Å². The summed E-state index contributed by atoms with van der Waals surface area (Å²) >= 11 is 0. The summed E-state index contributed by atoms with van der Waals surface area (Å²) in [5.74, 6) is -1.74. The third kappa shape index (κ3) is 4.94. The van der Waals surface area contributed by atoms with Crippen molar-refractivity contribution in [1.29, 1.82) is 0 Å². The summed E-state index contributed by atoms with van der Waals surface area (Å²) in [5.41, 5.74) is 1.94. The van der Waals surface area contributed by atoms with Crippen LogP contribution in [0.3, 0.4) is 0 Å². The van der Waals surface area contributed by atoms with Gasteiger partial charge in [0.05, 0.1) is 16.8 Å². The average Bonchev–Trinajstić information content (AvgIpc) is 2.85. The Morgan fingerprint density at radius 2 is 1.32 bits per heavy atom. The fourth-order valence-corrected chi connectivity index (χ4v) is 3.37. The van der Waals surface area contributed by atoms with Gasteiger partial charge in [-0.3, -0.25) is 4.79 Å². The molecule has 0 aromatic heterocycles. The van der Waals surface area contributed by atoms with E-state index in [1.54, 1.807) is 54.6 Å². The minimum Gasteiger partial charge on any atom is -0.478 e. The number of rotatable bonds is 7. The molecule has 0 aliphatic heterocycles. The van der Waals surface area contributed by atoms with Crippen LogP contribution in [0.15, 0.2) is 97.1 Å². The Kier molecular flexibility index (Phi) is 6.36. The van der Waals surface area contributed by atoms with Gasteiger partial charge < -0.3 is 20.3 Å². The van der Waals surface area contributed by atoms with Gasteiger partial charge in [-0.25, -0.2) is 9.59 Å². The maximum atomic E-state index is 12.9. The molecule has 0 aliphatic rings. The number of carboxylic acid groups (broad SMARTS) is 2. The molecule has 0 atom stereocenters. The molecule has 34 heavy (non-hydrogen) atoms. The van der Waals surface area contributed by atoms with Crippen LogP contribution in [0, 0.1) is 0 Å². The highest BCUT2D eigenvalue weighted by atomic mass is 16.5. The molecule has 0 aliphatic carbocycles. The number of anilines is 1. The molecule has 0 spiro atoms. The van der Waals surface area contributed by atoms with Crippen molar-refractivity contribution in [2.45, 2.75) is 0 Å². The monoisotopic (exact) mass is 453 g/mol. The van der Waals surface area contributed by atoms with Crippen molar-refractivity contribution in [2.75, 3.05) is 5.32 Å². The van der Waals surface area contributed by atoms with Gasteiger partial charge in [-0.15, -0.1) is 0 Å². The standard InChI is InChI=1S/C27H19NO6/c29-25(28-23-9-5-4-8-22(23)27(32)33)19-14-15-21(17-10-12-18(13-11-17)26(30)31)24(16-19)34-20-6-2-1-3-7-20/h1-16H,(H,28,29)(H,30,31)(H,32,33). The van der Waals surface area contributed by atoms with Crippen LogP contribution in [0.2, 0.25) is 0 Å². The Morgan fingerprint density at radius 1 is 0.676 bits per heavy atom. The van der Waals surface area contributed by atoms with E-state index in [1.807, 2.05) is 18.2 Å². The number of benzene rings is 4. The van der Waals surface area contributed by atoms with E-state index in [9.17, 15) is 19.5 Å². The number of ether oxygens (including phenoxy) is 1. The van der Waals surface area contributed by atoms with E-state index in [4.69, 9.17) is 9.84 Å². The van der Waals surface area contributed by atoms with Crippen LogP contribution in [0.4, 0.5) is 5.69 Å². The summed E-state index contributed by atoms with van der Waals surface area (Å²) < 4.78 is 6.05. The molecule has 0 radical (unpaired) electrons. The van der Waals surface area contributed by atoms with Crippen molar-refractivity contribution in [1.82, 2.24) is 0 Å². The number of para-hydroxylation sites is 2. The van der Waals surface area contributed by atoms with E-state index < -0.39 is 17.8 Å². The maximum Gasteiger partial charge on any atom is 0.337 e. The summed E-state index contributed by atoms with van der Waals surface area (Å²) in [7, 11) is 0. The van der Waals surface area contributed by atoms with Gasteiger partial charge in [-0.05, 0) is 60.2 Å². The SMILES string of the molecule is O=C(O)c1ccc(-c2ccc(C(=O)Nc3ccccc3C(=O)O)cc2Oc2ccccc2)cc1. The van der Waals surface area contributed by atoms with Crippen LogP contribution in [-0.4, -0.2) is 28.1 Å². The summed E-state index contributed by atoms with van der Waals surface area (Å²) in [6.45, 7) is 0. The van der Waals surface area contributed by atoms with Crippen LogP contribution >= 0.6 is 0 Å². The van der Waals surface area contributed by atoms with E-state index in [0.29, 0.717) is 22.6 Å². The first-order valence-corrected chi connectivity index (χ1v) is 10.3. The van der Waals surface area contributed by atoms with Gasteiger partial charge in [-0.2, -0.15) is 0 Å². The highest BCUT2D eigenvalue weighted by molar-refractivity contribution is 6.08. The van der Waals surface area contributed by atoms with E-state index >= 15 is 0 Å². The summed E-state index contributed by atoms with van der Waals surface area (Å²) in [6.07, 6.45) is 0. The van der Waals surface area contributed by atoms with Crippen LogP contribution in [0.25, 0.3) is 11.1 Å². The highest BCUT2D eigenvalue weighted by Crippen LogP contribution is 2.35. The van der Waals surface area contributed by atoms with Gasteiger partial charge in [0.1, 0.15) is 11.5 Å². The number of nitrogens with one attached hydrogen (secondary N) is 1. The quantitative estimate of drug-likeness (QED) is 0.326. The zero-order valence-corrected chi connectivity index (χ0v) is 17.8. The van der Waals surface area contributed by atoms with Crippen molar-refractivity contribution < 1.29 is 29.3 Å². The van der Waals surface area contributed by atoms with Crippen LogP contribution in [0.5, 0.6) is 11.5 Å². The molecule has 168 valence electrons. The first kappa shape index (κ1) is 22.3. The van der Waals surface area contributed by atoms with Crippen LogP contribution in [0.1, 0.15) is 31.1 Å². The molecule has 0 saturated heterocycles. The predicted octanol–water partition coefficient (Wildman–Crippen LogP) is 5.79. The smallest absolute Gasteiger partial charge is 0.337 e. The molecule has 7 nitrogen and oxygen atoms in total. The van der Waals surface area contributed by atoms with E-state index in [0.717, 1.165) is 0 Å². The molecular weight excluding hydrogens is 434 g/mol. The van der Waals surface area contributed by atoms with Crippen LogP contribution < -0.4 is 10.1 Å². The Balaban J connectivity index is 1.71. The normalized spacial score (nSPS) is 10.4. The lowest BCUT2D eigenvalue weighted by molar-refractivity contribution is 0.0686. The number of carbonyl (C=O) groups is 3. The molecule has 1 amide bonds. The first-order valence-electron chi connectivity index (χ1n) is 10.3. The minimum atomic E-state index is -1.15. The Labute approximate surface area is 194 Å². The molecule has 3 N–H and O–H groups in total. The topological polar surface area (TPSA) is 113 Å². The lowest BCUT2D eigenvalue weighted by atomic mass is 10.0. The Morgan fingerprint density at radius 3 is 2.00 bits per heavy atom. The summed E-state index contributed by atoms with van der Waals surface area (Å²) in [4.78, 5) is 35.6. The second kappa shape index (κ2) is 9.70. The molecule has 0 heterocycles. The summed E-state index contributed by atoms with van der Waals surface area (Å²) in [5, 5.41) is 21.2. The van der Waals surface area contributed by atoms with Gasteiger partial charge in [0.15, 0.2) is 0 Å². The lowest BCUT2D eigenvalue weighted by Crippen LogP contribution is -2.15. The second-order valence-corrected chi connectivity index (χ2v) is 7.31. The van der Waals surface area contributed by atoms with Crippen molar-refractivity contribution >= 4 is 23.5 Å². The number of carboxylic acids is 2. The molecule has 4 aromatic carbocycles. The van der Waals surface area contributed by atoms with Crippen molar-refractivity contribution in [3.8, 4) is 22.6 Å². The average molecular weight is 453 g/mol. The molecule has 7 heteroatoms. The third-order valence-electron chi connectivity index (χ3n) is 5.06. The number of hydrogen-bond donors (Lipinski definition) is 3. The molecule has 0 unspecified atom stereocenters. The molecule has 0 bridgehead atoms. The van der Waals surface area contributed by atoms with Crippen molar-refractivity contribution in [3.05, 3.63) is 114 Å². The Hall–Kier alpha value is -4.91. The lowest BCUT2D eigenvalue weighted by Gasteiger charge is -2.14. The number of carbonyl (C=O) groups excluding carboxylic acids is 1. The van der Waals surface area contributed by atoms with Gasteiger partial charge in [0, 0.05) is 11.1 Å². The van der Waals surface area contributed by atoms with Crippen molar-refractivity contribution in [3.63, 3.8) is 0 Å². The minimum absolute atomic E-state index is 0.0215. The van der Waals surface area contributed by atoms with Gasteiger partial charge in [0.25, 0.3) is 5.91 Å². The zero-order chi connectivity index (χ0) is 24.1. The van der Waals surface area contributed by atoms with E-state index in [1.165, 1.54) is 24.3 Å². The Bertz CT molecular complexity index is 1360. The molecule has 0 saturated carbocycles.